The molecule has 0 atom stereocenters. The van der Waals surface area contributed by atoms with Gasteiger partial charge in [-0.2, -0.15) is 11.3 Å². The zero-order valence-electron chi connectivity index (χ0n) is 13.3. The Kier molecular flexibility index (Phi) is 5.85. The number of nitrogens with zero attached hydrogens (tertiary/aromatic N) is 1. The van der Waals surface area contributed by atoms with Gasteiger partial charge in [-0.05, 0) is 30.5 Å². The molecule has 2 N–H and O–H groups in total. The minimum atomic E-state index is -0.425. The van der Waals surface area contributed by atoms with Crippen LogP contribution in [0.1, 0.15) is 16.1 Å². The first kappa shape index (κ1) is 17.7. The second-order valence-electron chi connectivity index (χ2n) is 5.15. The van der Waals surface area contributed by atoms with Gasteiger partial charge in [-0.1, -0.05) is 17.7 Å². The third-order valence-corrected chi connectivity index (χ3v) is 5.80. The average Bonchev–Trinajstić information content (AvgIpc) is 3.30. The number of rotatable bonds is 5. The van der Waals surface area contributed by atoms with Crippen molar-refractivity contribution in [3.05, 3.63) is 57.7 Å². The van der Waals surface area contributed by atoms with Crippen LogP contribution in [-0.4, -0.2) is 22.6 Å². The van der Waals surface area contributed by atoms with Crippen molar-refractivity contribution >= 4 is 46.2 Å². The zero-order chi connectivity index (χ0) is 17.6. The predicted octanol–water partition coefficient (Wildman–Crippen LogP) is 3.73. The van der Waals surface area contributed by atoms with Crippen molar-refractivity contribution in [1.82, 2.24) is 15.8 Å². The summed E-state index contributed by atoms with van der Waals surface area (Å²) in [6.07, 6.45) is 0. The number of aromatic nitrogens is 1. The van der Waals surface area contributed by atoms with Crippen molar-refractivity contribution in [2.24, 2.45) is 0 Å². The largest absolute Gasteiger partial charge is 0.289 e. The molecule has 0 radical (unpaired) electrons. The van der Waals surface area contributed by atoms with Gasteiger partial charge in [0.05, 0.1) is 5.75 Å². The topological polar surface area (TPSA) is 71.1 Å². The van der Waals surface area contributed by atoms with Gasteiger partial charge in [-0.25, -0.2) is 4.98 Å². The Balaban J connectivity index is 1.47. The number of carbonyl (C=O) groups is 2. The summed E-state index contributed by atoms with van der Waals surface area (Å²) in [5.41, 5.74) is 7.27. The summed E-state index contributed by atoms with van der Waals surface area (Å²) in [4.78, 5) is 29.2. The molecule has 0 spiro atoms. The second-order valence-corrected chi connectivity index (χ2v) is 7.84. The normalized spacial score (nSPS) is 10.4. The fourth-order valence-corrected chi connectivity index (χ4v) is 4.12. The van der Waals surface area contributed by atoms with E-state index in [4.69, 9.17) is 0 Å². The van der Waals surface area contributed by atoms with Crippen LogP contribution in [0.5, 0.6) is 0 Å². The number of carbonyl (C=O) groups excluding carboxylic acids is 2. The molecule has 128 valence electrons. The van der Waals surface area contributed by atoms with Crippen molar-refractivity contribution in [2.45, 2.75) is 11.8 Å². The highest BCUT2D eigenvalue weighted by Gasteiger charge is 2.13. The summed E-state index contributed by atoms with van der Waals surface area (Å²) in [6, 6.07) is 9.88. The average molecular weight is 390 g/mol. The van der Waals surface area contributed by atoms with Gasteiger partial charge in [0.15, 0.2) is 0 Å². The molecule has 2 amide bonds. The van der Waals surface area contributed by atoms with E-state index in [1.54, 1.807) is 16.7 Å². The maximum atomic E-state index is 12.1. The van der Waals surface area contributed by atoms with Gasteiger partial charge in [-0.15, -0.1) is 23.1 Å². The predicted molar refractivity (Wildman–Crippen MR) is 103 cm³/mol. The summed E-state index contributed by atoms with van der Waals surface area (Å²) < 4.78 is 0. The lowest BCUT2D eigenvalue weighted by molar-refractivity contribution is -0.119. The molecule has 0 saturated heterocycles. The molecule has 0 aliphatic heterocycles. The van der Waals surface area contributed by atoms with Crippen LogP contribution in [-0.2, 0) is 4.79 Å². The van der Waals surface area contributed by atoms with Crippen LogP contribution in [0.3, 0.4) is 0 Å². The van der Waals surface area contributed by atoms with Crippen LogP contribution in [0, 0.1) is 6.92 Å². The molecule has 5 nitrogen and oxygen atoms in total. The van der Waals surface area contributed by atoms with E-state index < -0.39 is 5.91 Å². The summed E-state index contributed by atoms with van der Waals surface area (Å²) in [5.74, 6) is -0.473. The highest BCUT2D eigenvalue weighted by molar-refractivity contribution is 8.00. The fourth-order valence-electron chi connectivity index (χ4n) is 1.91. The Morgan fingerprint density at radius 1 is 1.12 bits per heavy atom. The number of thiazole rings is 1. The Labute approximate surface area is 157 Å². The quantitative estimate of drug-likeness (QED) is 0.515. The maximum absolute atomic E-state index is 12.1. The number of thioether (sulfide) groups is 1. The van der Waals surface area contributed by atoms with Gasteiger partial charge in [0.25, 0.3) is 5.91 Å². The smallest absolute Gasteiger partial charge is 0.272 e. The number of hydrogen-bond donors (Lipinski definition) is 2. The minimum absolute atomic E-state index is 0.223. The van der Waals surface area contributed by atoms with Gasteiger partial charge >= 0.3 is 0 Å². The molecule has 3 aromatic rings. The molecule has 25 heavy (non-hydrogen) atoms. The first-order chi connectivity index (χ1) is 12.1. The Bertz CT molecular complexity index is 858. The lowest BCUT2D eigenvalue weighted by Gasteiger charge is -2.06. The third kappa shape index (κ3) is 4.91. The van der Waals surface area contributed by atoms with Crippen LogP contribution in [0.2, 0.25) is 0 Å². The van der Waals surface area contributed by atoms with Gasteiger partial charge in [-0.3, -0.25) is 20.4 Å². The van der Waals surface area contributed by atoms with Crippen LogP contribution >= 0.6 is 34.4 Å². The molecule has 2 aromatic heterocycles. The van der Waals surface area contributed by atoms with Crippen LogP contribution in [0.25, 0.3) is 10.6 Å². The van der Waals surface area contributed by atoms with E-state index in [0.29, 0.717) is 0 Å². The van der Waals surface area contributed by atoms with E-state index in [1.165, 1.54) is 28.7 Å². The lowest BCUT2D eigenvalue weighted by Crippen LogP contribution is -2.42. The van der Waals surface area contributed by atoms with Gasteiger partial charge < -0.3 is 0 Å². The first-order valence-corrected chi connectivity index (χ1v) is 10.2. The summed E-state index contributed by atoms with van der Waals surface area (Å²) in [7, 11) is 0. The Morgan fingerprint density at radius 3 is 2.64 bits per heavy atom. The molecule has 0 fully saturated rings. The van der Waals surface area contributed by atoms with E-state index >= 15 is 0 Å². The van der Waals surface area contributed by atoms with Crippen molar-refractivity contribution < 1.29 is 9.59 Å². The van der Waals surface area contributed by atoms with Gasteiger partial charge in [0.1, 0.15) is 10.7 Å². The first-order valence-electron chi connectivity index (χ1n) is 7.38. The third-order valence-electron chi connectivity index (χ3n) is 3.21. The molecule has 0 aliphatic rings. The van der Waals surface area contributed by atoms with Crippen molar-refractivity contribution in [2.75, 3.05) is 5.75 Å². The zero-order valence-corrected chi connectivity index (χ0v) is 15.8. The second kappa shape index (κ2) is 8.28. The monoisotopic (exact) mass is 389 g/mol. The molecule has 8 heteroatoms. The summed E-state index contributed by atoms with van der Waals surface area (Å²) in [6.45, 7) is 2.01. The molecule has 3 rings (SSSR count). The molecular formula is C17H15N3O2S3. The van der Waals surface area contributed by atoms with E-state index in [0.717, 1.165) is 15.5 Å². The molecule has 0 aliphatic carbocycles. The SMILES string of the molecule is Cc1ccc(SCC(=O)NNC(=O)c2csc(-c3ccsc3)n2)cc1. The van der Waals surface area contributed by atoms with Crippen molar-refractivity contribution in [3.8, 4) is 10.6 Å². The molecular weight excluding hydrogens is 374 g/mol. The Morgan fingerprint density at radius 2 is 1.92 bits per heavy atom. The Hall–Kier alpha value is -2.16. The summed E-state index contributed by atoms with van der Waals surface area (Å²) >= 11 is 4.39. The number of benzene rings is 1. The van der Waals surface area contributed by atoms with Crippen molar-refractivity contribution in [1.29, 1.82) is 0 Å². The minimum Gasteiger partial charge on any atom is -0.272 e. The number of nitrogens with one attached hydrogen (secondary N) is 2. The van der Waals surface area contributed by atoms with Gasteiger partial charge in [0, 0.05) is 21.2 Å². The van der Waals surface area contributed by atoms with E-state index in [9.17, 15) is 9.59 Å². The standard InChI is InChI=1S/C17H15N3O2S3/c1-11-2-4-13(5-3-11)24-10-15(21)19-20-16(22)14-9-25-17(18-14)12-6-7-23-8-12/h2-9H,10H2,1H3,(H,19,21)(H,20,22). The maximum Gasteiger partial charge on any atom is 0.289 e. The summed E-state index contributed by atoms with van der Waals surface area (Å²) in [5, 5.41) is 6.40. The molecule has 0 unspecified atom stereocenters. The highest BCUT2D eigenvalue weighted by Crippen LogP contribution is 2.25. The lowest BCUT2D eigenvalue weighted by atomic mass is 10.2. The number of amides is 2. The number of hydrazine groups is 1. The number of aryl methyl sites for hydroxylation is 1. The van der Waals surface area contributed by atoms with Crippen LogP contribution < -0.4 is 10.9 Å². The van der Waals surface area contributed by atoms with E-state index in [1.807, 2.05) is 48.0 Å². The van der Waals surface area contributed by atoms with Crippen LogP contribution in [0.4, 0.5) is 0 Å². The molecule has 0 saturated carbocycles. The van der Waals surface area contributed by atoms with Gasteiger partial charge in [0.2, 0.25) is 5.91 Å². The molecule has 2 heterocycles. The van der Waals surface area contributed by atoms with Crippen molar-refractivity contribution in [3.63, 3.8) is 0 Å². The fraction of sp³-hybridized carbons (Fsp3) is 0.118. The highest BCUT2D eigenvalue weighted by atomic mass is 32.2. The van der Waals surface area contributed by atoms with E-state index in [2.05, 4.69) is 15.8 Å². The molecule has 1 aromatic carbocycles. The van der Waals surface area contributed by atoms with E-state index in [-0.39, 0.29) is 17.4 Å². The number of thiophene rings is 1. The van der Waals surface area contributed by atoms with Crippen LogP contribution in [0.15, 0.2) is 51.4 Å². The number of hydrogen-bond acceptors (Lipinski definition) is 6. The molecule has 0 bridgehead atoms.